The molecule has 3 nitrogen and oxygen atoms in total. The van der Waals surface area contributed by atoms with Crippen LogP contribution in [0.3, 0.4) is 0 Å². The molecule has 0 aliphatic carbocycles. The molecule has 0 aromatic heterocycles. The van der Waals surface area contributed by atoms with E-state index in [1.807, 2.05) is 17.8 Å². The summed E-state index contributed by atoms with van der Waals surface area (Å²) in [6.45, 7) is 0.334. The second-order valence-corrected chi connectivity index (χ2v) is 5.88. The lowest BCUT2D eigenvalue weighted by Crippen LogP contribution is -2.13. The Morgan fingerprint density at radius 3 is 2.95 bits per heavy atom. The number of para-hydroxylation sites is 1. The van der Waals surface area contributed by atoms with E-state index in [0.29, 0.717) is 12.2 Å². The summed E-state index contributed by atoms with van der Waals surface area (Å²) in [7, 11) is 0. The van der Waals surface area contributed by atoms with E-state index in [-0.39, 0.29) is 0 Å². The van der Waals surface area contributed by atoms with Gasteiger partial charge in [-0.05, 0) is 29.8 Å². The van der Waals surface area contributed by atoms with Crippen LogP contribution >= 0.6 is 11.8 Å². The van der Waals surface area contributed by atoms with Crippen molar-refractivity contribution in [1.29, 1.82) is 0 Å². The first-order chi connectivity index (χ1) is 9.38. The van der Waals surface area contributed by atoms with Crippen LogP contribution in [0.1, 0.15) is 5.56 Å². The molecule has 4 rings (SSSR count). The van der Waals surface area contributed by atoms with Gasteiger partial charge >= 0.3 is 0 Å². The van der Waals surface area contributed by atoms with Gasteiger partial charge in [0.05, 0.1) is 5.37 Å². The monoisotopic (exact) mass is 271 g/mol. The van der Waals surface area contributed by atoms with Gasteiger partial charge in [0.1, 0.15) is 0 Å². The van der Waals surface area contributed by atoms with Crippen molar-refractivity contribution in [3.05, 3.63) is 48.0 Å². The molecule has 2 aromatic rings. The Hall–Kier alpha value is -1.81. The Bertz CT molecular complexity index is 604. The first-order valence-corrected chi connectivity index (χ1v) is 7.17. The van der Waals surface area contributed by atoms with Crippen molar-refractivity contribution < 1.29 is 9.47 Å². The Morgan fingerprint density at radius 2 is 2.00 bits per heavy atom. The smallest absolute Gasteiger partial charge is 0.231 e. The molecule has 0 bridgehead atoms. The highest BCUT2D eigenvalue weighted by atomic mass is 32.2. The molecule has 1 atom stereocenters. The number of hydrogen-bond acceptors (Lipinski definition) is 4. The molecule has 1 N–H and O–H groups in total. The lowest BCUT2D eigenvalue weighted by Gasteiger charge is -2.10. The number of nitrogens with one attached hydrogen (secondary N) is 1. The fourth-order valence-electron chi connectivity index (χ4n) is 2.42. The van der Waals surface area contributed by atoms with Gasteiger partial charge in [0.25, 0.3) is 0 Å². The van der Waals surface area contributed by atoms with Crippen LogP contribution in [0, 0.1) is 0 Å². The third-order valence-corrected chi connectivity index (χ3v) is 4.51. The first-order valence-electron chi connectivity index (χ1n) is 6.29. The summed E-state index contributed by atoms with van der Waals surface area (Å²) in [6, 6.07) is 14.6. The van der Waals surface area contributed by atoms with E-state index in [1.165, 1.54) is 16.1 Å². The lowest BCUT2D eigenvalue weighted by molar-refractivity contribution is 0.174. The van der Waals surface area contributed by atoms with Crippen molar-refractivity contribution in [3.8, 4) is 11.5 Å². The minimum absolute atomic E-state index is 0.334. The summed E-state index contributed by atoms with van der Waals surface area (Å²) in [5, 5.41) is 3.93. The van der Waals surface area contributed by atoms with Crippen molar-refractivity contribution in [2.24, 2.45) is 0 Å². The van der Waals surface area contributed by atoms with Crippen LogP contribution in [0.15, 0.2) is 47.4 Å². The molecule has 19 heavy (non-hydrogen) atoms. The molecule has 0 saturated heterocycles. The maximum atomic E-state index is 5.42. The largest absolute Gasteiger partial charge is 0.454 e. The van der Waals surface area contributed by atoms with Gasteiger partial charge in [-0.3, -0.25) is 0 Å². The fraction of sp³-hybridized carbons (Fsp3) is 0.200. The molecule has 0 amide bonds. The number of rotatable bonds is 2. The third-order valence-electron chi connectivity index (χ3n) is 3.33. The van der Waals surface area contributed by atoms with E-state index in [2.05, 4.69) is 41.7 Å². The maximum Gasteiger partial charge on any atom is 0.231 e. The normalized spacial score (nSPS) is 19.1. The Labute approximate surface area is 115 Å². The molecule has 2 aliphatic heterocycles. The number of ether oxygens (including phenoxy) is 2. The molecule has 96 valence electrons. The summed E-state index contributed by atoms with van der Waals surface area (Å²) in [5.74, 6) is 1.71. The maximum absolute atomic E-state index is 5.42. The van der Waals surface area contributed by atoms with Gasteiger partial charge in [-0.15, -0.1) is 0 Å². The summed E-state index contributed by atoms with van der Waals surface area (Å²) < 4.78 is 10.7. The molecular weight excluding hydrogens is 258 g/mol. The Morgan fingerprint density at radius 1 is 1.11 bits per heavy atom. The summed E-state index contributed by atoms with van der Waals surface area (Å²) in [4.78, 5) is 1.33. The highest BCUT2D eigenvalue weighted by Gasteiger charge is 2.22. The molecule has 0 unspecified atom stereocenters. The van der Waals surface area contributed by atoms with Crippen LogP contribution in [0.25, 0.3) is 0 Å². The minimum Gasteiger partial charge on any atom is -0.454 e. The van der Waals surface area contributed by atoms with Gasteiger partial charge in [0.2, 0.25) is 6.79 Å². The quantitative estimate of drug-likeness (QED) is 0.905. The molecule has 2 aliphatic rings. The van der Waals surface area contributed by atoms with Gasteiger partial charge < -0.3 is 14.8 Å². The first kappa shape index (κ1) is 11.1. The van der Waals surface area contributed by atoms with E-state index in [9.17, 15) is 0 Å². The van der Waals surface area contributed by atoms with Crippen LogP contribution < -0.4 is 14.8 Å². The van der Waals surface area contributed by atoms with Crippen molar-refractivity contribution >= 4 is 17.4 Å². The second-order valence-electron chi connectivity index (χ2n) is 4.64. The van der Waals surface area contributed by atoms with Gasteiger partial charge in [-0.1, -0.05) is 30.0 Å². The van der Waals surface area contributed by atoms with Crippen molar-refractivity contribution in [2.75, 3.05) is 12.1 Å². The van der Waals surface area contributed by atoms with E-state index in [4.69, 9.17) is 9.47 Å². The average Bonchev–Trinajstić information content (AvgIpc) is 3.03. The predicted molar refractivity (Wildman–Crippen MR) is 76.0 cm³/mol. The third kappa shape index (κ3) is 2.02. The Balaban J connectivity index is 1.51. The van der Waals surface area contributed by atoms with E-state index >= 15 is 0 Å². The molecule has 0 fully saturated rings. The molecule has 2 aromatic carbocycles. The Kier molecular flexibility index (Phi) is 2.55. The second kappa shape index (κ2) is 4.38. The fourth-order valence-corrected chi connectivity index (χ4v) is 3.60. The number of fused-ring (bicyclic) bond motifs is 2. The molecule has 0 spiro atoms. The zero-order valence-electron chi connectivity index (χ0n) is 10.3. The van der Waals surface area contributed by atoms with Crippen LogP contribution in [0.2, 0.25) is 0 Å². The zero-order chi connectivity index (χ0) is 12.7. The molecule has 0 saturated carbocycles. The molecular formula is C15H13NO2S. The number of hydrogen-bond donors (Lipinski definition) is 1. The van der Waals surface area contributed by atoms with Crippen molar-refractivity contribution in [3.63, 3.8) is 0 Å². The molecule has 0 radical (unpaired) electrons. The van der Waals surface area contributed by atoms with Crippen LogP contribution in [0.5, 0.6) is 11.5 Å². The van der Waals surface area contributed by atoms with Crippen LogP contribution in [0.4, 0.5) is 5.69 Å². The predicted octanol–water partition coefficient (Wildman–Crippen LogP) is 3.50. The van der Waals surface area contributed by atoms with Gasteiger partial charge in [0.15, 0.2) is 11.5 Å². The molecule has 2 heterocycles. The average molecular weight is 271 g/mol. The van der Waals surface area contributed by atoms with E-state index in [1.54, 1.807) is 0 Å². The summed E-state index contributed by atoms with van der Waals surface area (Å²) in [6.07, 6.45) is 0.968. The van der Waals surface area contributed by atoms with Crippen LogP contribution in [-0.2, 0) is 6.42 Å². The molecule has 4 heteroatoms. The van der Waals surface area contributed by atoms with Crippen molar-refractivity contribution in [1.82, 2.24) is 0 Å². The summed E-state index contributed by atoms with van der Waals surface area (Å²) in [5.41, 5.74) is 2.50. The minimum atomic E-state index is 0.334. The van der Waals surface area contributed by atoms with Crippen LogP contribution in [-0.4, -0.2) is 12.2 Å². The topological polar surface area (TPSA) is 30.5 Å². The number of benzene rings is 2. The summed E-state index contributed by atoms with van der Waals surface area (Å²) >= 11 is 1.88. The lowest BCUT2D eigenvalue weighted by atomic mass is 10.1. The van der Waals surface area contributed by atoms with Gasteiger partial charge in [-0.25, -0.2) is 0 Å². The number of anilines is 1. The van der Waals surface area contributed by atoms with E-state index < -0.39 is 0 Å². The highest BCUT2D eigenvalue weighted by Crippen LogP contribution is 2.40. The number of thioether (sulfide) groups is 1. The van der Waals surface area contributed by atoms with Gasteiger partial charge in [-0.2, -0.15) is 0 Å². The van der Waals surface area contributed by atoms with Gasteiger partial charge in [0, 0.05) is 17.0 Å². The SMILES string of the molecule is c1ccc2c(c1)N[C@H](Cc1ccc3c(c1)OCO3)S2. The standard InChI is InChI=1S/C15H13NO2S/c1-2-4-14-11(3-1)16-15(19-14)8-10-5-6-12-13(7-10)18-9-17-12/h1-7,15-16H,8-9H2/t15-/m0/s1. The van der Waals surface area contributed by atoms with Crippen molar-refractivity contribution in [2.45, 2.75) is 16.7 Å². The highest BCUT2D eigenvalue weighted by molar-refractivity contribution is 8.00. The van der Waals surface area contributed by atoms with E-state index in [0.717, 1.165) is 17.9 Å². The zero-order valence-corrected chi connectivity index (χ0v) is 11.1.